The first-order chi connectivity index (χ1) is 9.25. The third-order valence-corrected chi connectivity index (χ3v) is 3.39. The zero-order chi connectivity index (χ0) is 13.5. The maximum atomic E-state index is 11.8. The van der Waals surface area contributed by atoms with Crippen LogP contribution in [0.1, 0.15) is 12.8 Å². The van der Waals surface area contributed by atoms with E-state index in [0.717, 1.165) is 31.7 Å². The summed E-state index contributed by atoms with van der Waals surface area (Å²) < 4.78 is 10.7. The van der Waals surface area contributed by atoms with Crippen molar-refractivity contribution in [3.63, 3.8) is 0 Å². The molecule has 0 bridgehead atoms. The highest BCUT2D eigenvalue weighted by atomic mass is 16.6. The summed E-state index contributed by atoms with van der Waals surface area (Å²) in [5.41, 5.74) is 0. The molecular weight excluding hydrogens is 242 g/mol. The van der Waals surface area contributed by atoms with Crippen LogP contribution in [0.5, 0.6) is 5.75 Å². The second-order valence-electron chi connectivity index (χ2n) is 4.91. The van der Waals surface area contributed by atoms with Gasteiger partial charge in [0.25, 0.3) is 0 Å². The van der Waals surface area contributed by atoms with Gasteiger partial charge in [-0.05, 0) is 45.1 Å². The van der Waals surface area contributed by atoms with Crippen LogP contribution in [-0.4, -0.2) is 44.2 Å². The Bertz CT molecular complexity index is 386. The Morgan fingerprint density at radius 3 is 2.58 bits per heavy atom. The van der Waals surface area contributed by atoms with Gasteiger partial charge < -0.3 is 14.4 Å². The van der Waals surface area contributed by atoms with E-state index in [-0.39, 0.29) is 11.9 Å². The molecule has 0 amide bonds. The number of para-hydroxylation sites is 1. The molecule has 19 heavy (non-hydrogen) atoms. The fourth-order valence-electron chi connectivity index (χ4n) is 2.18. The van der Waals surface area contributed by atoms with Gasteiger partial charge in [0.15, 0.2) is 0 Å². The smallest absolute Gasteiger partial charge is 0.309 e. The number of ether oxygens (including phenoxy) is 2. The van der Waals surface area contributed by atoms with Crippen molar-refractivity contribution in [1.82, 2.24) is 4.90 Å². The van der Waals surface area contributed by atoms with Gasteiger partial charge in [0.05, 0.1) is 5.92 Å². The number of nitrogens with zero attached hydrogens (tertiary/aromatic N) is 1. The highest BCUT2D eigenvalue weighted by molar-refractivity contribution is 5.72. The van der Waals surface area contributed by atoms with E-state index in [4.69, 9.17) is 9.47 Å². The SMILES string of the molecule is CN1CCC(C(=O)OCCOc2ccccc2)CC1. The molecule has 0 N–H and O–H groups in total. The van der Waals surface area contributed by atoms with E-state index in [2.05, 4.69) is 11.9 Å². The summed E-state index contributed by atoms with van der Waals surface area (Å²) in [6.07, 6.45) is 1.80. The normalized spacial score (nSPS) is 17.1. The molecule has 0 saturated carbocycles. The fraction of sp³-hybridized carbons (Fsp3) is 0.533. The van der Waals surface area contributed by atoms with Gasteiger partial charge in [-0.25, -0.2) is 0 Å². The van der Waals surface area contributed by atoms with Crippen molar-refractivity contribution in [3.05, 3.63) is 30.3 Å². The summed E-state index contributed by atoms with van der Waals surface area (Å²) in [6.45, 7) is 2.67. The number of hydrogen-bond acceptors (Lipinski definition) is 4. The summed E-state index contributed by atoms with van der Waals surface area (Å²) in [5.74, 6) is 0.788. The second kappa shape index (κ2) is 7.14. The average molecular weight is 263 g/mol. The molecule has 104 valence electrons. The number of carbonyl (C=O) groups is 1. The molecule has 0 atom stereocenters. The van der Waals surface area contributed by atoms with Gasteiger partial charge in [-0.1, -0.05) is 18.2 Å². The molecule has 0 aliphatic carbocycles. The number of rotatable bonds is 5. The maximum absolute atomic E-state index is 11.8. The van der Waals surface area contributed by atoms with Gasteiger partial charge in [-0.2, -0.15) is 0 Å². The molecule has 2 rings (SSSR count). The first-order valence-electron chi connectivity index (χ1n) is 6.79. The first kappa shape index (κ1) is 13.9. The summed E-state index contributed by atoms with van der Waals surface area (Å²) in [7, 11) is 2.08. The van der Waals surface area contributed by atoms with Crippen molar-refractivity contribution >= 4 is 5.97 Å². The predicted octanol–water partition coefficient (Wildman–Crippen LogP) is 1.95. The highest BCUT2D eigenvalue weighted by Crippen LogP contribution is 2.17. The van der Waals surface area contributed by atoms with Crippen molar-refractivity contribution in [2.75, 3.05) is 33.4 Å². The van der Waals surface area contributed by atoms with Crippen LogP contribution in [0.3, 0.4) is 0 Å². The van der Waals surface area contributed by atoms with Gasteiger partial charge in [-0.15, -0.1) is 0 Å². The lowest BCUT2D eigenvalue weighted by molar-refractivity contribution is -0.150. The van der Waals surface area contributed by atoms with Gasteiger partial charge in [0.2, 0.25) is 0 Å². The Kier molecular flexibility index (Phi) is 5.21. The first-order valence-corrected chi connectivity index (χ1v) is 6.79. The maximum Gasteiger partial charge on any atom is 0.309 e. The van der Waals surface area contributed by atoms with Crippen LogP contribution in [-0.2, 0) is 9.53 Å². The Hall–Kier alpha value is -1.55. The van der Waals surface area contributed by atoms with Crippen LogP contribution in [0.4, 0.5) is 0 Å². The minimum atomic E-state index is -0.0789. The number of likely N-dealkylation sites (tertiary alicyclic amines) is 1. The van der Waals surface area contributed by atoms with Gasteiger partial charge in [0.1, 0.15) is 19.0 Å². The summed E-state index contributed by atoms with van der Waals surface area (Å²) in [6, 6.07) is 9.55. The largest absolute Gasteiger partial charge is 0.490 e. The molecule has 1 aliphatic rings. The van der Waals surface area contributed by atoms with E-state index in [1.807, 2.05) is 30.3 Å². The van der Waals surface area contributed by atoms with Crippen molar-refractivity contribution < 1.29 is 14.3 Å². The van der Waals surface area contributed by atoms with Crippen LogP contribution >= 0.6 is 0 Å². The Labute approximate surface area is 114 Å². The highest BCUT2D eigenvalue weighted by Gasteiger charge is 2.24. The molecule has 0 aromatic heterocycles. The standard InChI is InChI=1S/C15H21NO3/c1-16-9-7-13(8-10-16)15(17)19-12-11-18-14-5-3-2-4-6-14/h2-6,13H,7-12H2,1H3. The Morgan fingerprint density at radius 2 is 1.89 bits per heavy atom. The Morgan fingerprint density at radius 1 is 1.21 bits per heavy atom. The van der Waals surface area contributed by atoms with Crippen LogP contribution in [0.2, 0.25) is 0 Å². The van der Waals surface area contributed by atoms with Crippen molar-refractivity contribution in [3.8, 4) is 5.75 Å². The van der Waals surface area contributed by atoms with Gasteiger partial charge >= 0.3 is 5.97 Å². The van der Waals surface area contributed by atoms with Crippen molar-refractivity contribution in [1.29, 1.82) is 0 Å². The lowest BCUT2D eigenvalue weighted by Gasteiger charge is -2.27. The topological polar surface area (TPSA) is 38.8 Å². The molecule has 1 saturated heterocycles. The molecule has 0 spiro atoms. The summed E-state index contributed by atoms with van der Waals surface area (Å²) in [4.78, 5) is 14.1. The third-order valence-electron chi connectivity index (χ3n) is 3.39. The number of esters is 1. The molecule has 4 nitrogen and oxygen atoms in total. The molecule has 1 aliphatic heterocycles. The minimum Gasteiger partial charge on any atom is -0.490 e. The lowest BCUT2D eigenvalue weighted by Crippen LogP contribution is -2.34. The zero-order valence-corrected chi connectivity index (χ0v) is 11.4. The van der Waals surface area contributed by atoms with E-state index < -0.39 is 0 Å². The lowest BCUT2D eigenvalue weighted by atomic mass is 9.97. The summed E-state index contributed by atoms with van der Waals surface area (Å²) >= 11 is 0. The molecule has 0 unspecified atom stereocenters. The van der Waals surface area contributed by atoms with E-state index in [0.29, 0.717) is 13.2 Å². The zero-order valence-electron chi connectivity index (χ0n) is 11.4. The molecule has 1 heterocycles. The molecule has 1 aromatic rings. The van der Waals surface area contributed by atoms with E-state index in [9.17, 15) is 4.79 Å². The van der Waals surface area contributed by atoms with Crippen LogP contribution in [0.25, 0.3) is 0 Å². The van der Waals surface area contributed by atoms with Crippen LogP contribution in [0.15, 0.2) is 30.3 Å². The number of hydrogen-bond donors (Lipinski definition) is 0. The molecule has 4 heteroatoms. The second-order valence-corrected chi connectivity index (χ2v) is 4.91. The number of benzene rings is 1. The molecule has 0 radical (unpaired) electrons. The number of piperidine rings is 1. The fourth-order valence-corrected chi connectivity index (χ4v) is 2.18. The number of carbonyl (C=O) groups excluding carboxylic acids is 1. The summed E-state index contributed by atoms with van der Waals surface area (Å²) in [5, 5.41) is 0. The van der Waals surface area contributed by atoms with Crippen molar-refractivity contribution in [2.45, 2.75) is 12.8 Å². The monoisotopic (exact) mass is 263 g/mol. The molecule has 1 aromatic carbocycles. The van der Waals surface area contributed by atoms with Crippen LogP contribution in [0, 0.1) is 5.92 Å². The quantitative estimate of drug-likeness (QED) is 0.601. The predicted molar refractivity (Wildman–Crippen MR) is 73.1 cm³/mol. The van der Waals surface area contributed by atoms with Crippen LogP contribution < -0.4 is 4.74 Å². The van der Waals surface area contributed by atoms with Crippen molar-refractivity contribution in [2.24, 2.45) is 5.92 Å². The minimum absolute atomic E-state index is 0.0629. The van der Waals surface area contributed by atoms with Gasteiger partial charge in [0, 0.05) is 0 Å². The third kappa shape index (κ3) is 4.56. The van der Waals surface area contributed by atoms with Gasteiger partial charge in [-0.3, -0.25) is 4.79 Å². The van der Waals surface area contributed by atoms with E-state index >= 15 is 0 Å². The molecular formula is C15H21NO3. The molecule has 1 fully saturated rings. The average Bonchev–Trinajstić information content (AvgIpc) is 2.45. The Balaban J connectivity index is 1.61. The van der Waals surface area contributed by atoms with E-state index in [1.165, 1.54) is 0 Å². The van der Waals surface area contributed by atoms with E-state index in [1.54, 1.807) is 0 Å².